The molecule has 0 aromatic carbocycles. The number of nitrogens with one attached hydrogen (secondary N) is 1. The topological polar surface area (TPSA) is 69.6 Å². The van der Waals surface area contributed by atoms with Gasteiger partial charge >= 0.3 is 5.97 Å². The minimum atomic E-state index is -0.847. The van der Waals surface area contributed by atoms with E-state index in [4.69, 9.17) is 5.11 Å². The van der Waals surface area contributed by atoms with Crippen LogP contribution < -0.4 is 5.32 Å². The van der Waals surface area contributed by atoms with Crippen LogP contribution in [-0.2, 0) is 9.59 Å². The van der Waals surface area contributed by atoms with Crippen LogP contribution in [0.4, 0.5) is 0 Å². The normalized spacial score (nSPS) is 22.6. The van der Waals surface area contributed by atoms with E-state index in [1.165, 1.54) is 0 Å². The number of aliphatic carboxylic acids is 1. The number of rotatable bonds is 7. The quantitative estimate of drug-likeness (QED) is 0.715. The second-order valence-corrected chi connectivity index (χ2v) is 5.00. The van der Waals surface area contributed by atoms with Crippen LogP contribution in [0.3, 0.4) is 0 Å². The van der Waals surface area contributed by atoms with Crippen LogP contribution in [0.5, 0.6) is 0 Å². The highest BCUT2D eigenvalue weighted by Crippen LogP contribution is 2.17. The van der Waals surface area contributed by atoms with E-state index < -0.39 is 12.0 Å². The van der Waals surface area contributed by atoms with Gasteiger partial charge in [-0.1, -0.05) is 33.1 Å². The summed E-state index contributed by atoms with van der Waals surface area (Å²) in [5, 5.41) is 11.8. The zero-order chi connectivity index (χ0) is 13.5. The Morgan fingerprint density at radius 2 is 2.28 bits per heavy atom. The highest BCUT2D eigenvalue weighted by molar-refractivity contribution is 5.83. The van der Waals surface area contributed by atoms with E-state index in [1.54, 1.807) is 0 Å². The molecule has 0 saturated carbocycles. The highest BCUT2D eigenvalue weighted by Gasteiger charge is 2.32. The van der Waals surface area contributed by atoms with Gasteiger partial charge in [0.25, 0.3) is 0 Å². The van der Waals surface area contributed by atoms with Crippen molar-refractivity contribution in [1.29, 1.82) is 0 Å². The monoisotopic (exact) mass is 256 g/mol. The molecular weight excluding hydrogens is 232 g/mol. The first-order valence-electron chi connectivity index (χ1n) is 6.82. The molecular formula is C13H24N2O3. The molecule has 104 valence electrons. The predicted molar refractivity (Wildman–Crippen MR) is 69.3 cm³/mol. The maximum atomic E-state index is 11.4. The molecule has 1 saturated heterocycles. The van der Waals surface area contributed by atoms with Crippen LogP contribution in [0.25, 0.3) is 0 Å². The molecule has 0 aromatic rings. The van der Waals surface area contributed by atoms with E-state index in [0.717, 1.165) is 25.7 Å². The first-order chi connectivity index (χ1) is 8.58. The number of carboxylic acids is 1. The summed E-state index contributed by atoms with van der Waals surface area (Å²) >= 11 is 0. The van der Waals surface area contributed by atoms with Crippen LogP contribution in [0.1, 0.15) is 39.5 Å². The fourth-order valence-electron chi connectivity index (χ4n) is 2.37. The lowest BCUT2D eigenvalue weighted by atomic mass is 9.97. The molecule has 2 N–H and O–H groups in total. The molecule has 1 amide bonds. The summed E-state index contributed by atoms with van der Waals surface area (Å²) in [6, 6.07) is -0.571. The Hall–Kier alpha value is -1.10. The molecule has 0 bridgehead atoms. The van der Waals surface area contributed by atoms with Gasteiger partial charge in [-0.05, 0) is 12.3 Å². The third kappa shape index (κ3) is 4.29. The maximum absolute atomic E-state index is 11.4. The van der Waals surface area contributed by atoms with Crippen molar-refractivity contribution in [2.24, 2.45) is 5.92 Å². The number of piperazine rings is 1. The summed E-state index contributed by atoms with van der Waals surface area (Å²) < 4.78 is 0. The van der Waals surface area contributed by atoms with Crippen molar-refractivity contribution in [3.63, 3.8) is 0 Å². The molecule has 1 fully saturated rings. The smallest absolute Gasteiger partial charge is 0.322 e. The lowest BCUT2D eigenvalue weighted by Gasteiger charge is -2.35. The Morgan fingerprint density at radius 1 is 1.56 bits per heavy atom. The van der Waals surface area contributed by atoms with Gasteiger partial charge in [-0.2, -0.15) is 0 Å². The molecule has 0 spiro atoms. The van der Waals surface area contributed by atoms with E-state index in [-0.39, 0.29) is 19.0 Å². The van der Waals surface area contributed by atoms with Gasteiger partial charge in [0.05, 0.1) is 6.54 Å². The molecule has 0 aromatic heterocycles. The Labute approximate surface area is 109 Å². The van der Waals surface area contributed by atoms with Crippen molar-refractivity contribution in [1.82, 2.24) is 10.2 Å². The van der Waals surface area contributed by atoms with E-state index >= 15 is 0 Å². The third-order valence-corrected chi connectivity index (χ3v) is 3.60. The number of nitrogens with zero attached hydrogens (tertiary/aromatic N) is 1. The minimum absolute atomic E-state index is 0.0714. The standard InChI is InChI=1S/C13H24N2O3/c1-3-5-6-10(4-2)8-15-9-12(16)14-7-11(15)13(17)18/h10-11H,3-9H2,1-2H3,(H,14,16)(H,17,18). The van der Waals surface area contributed by atoms with Crippen molar-refractivity contribution in [3.8, 4) is 0 Å². The lowest BCUT2D eigenvalue weighted by Crippen LogP contribution is -2.58. The largest absolute Gasteiger partial charge is 0.480 e. The van der Waals surface area contributed by atoms with Gasteiger partial charge in [-0.25, -0.2) is 0 Å². The van der Waals surface area contributed by atoms with Gasteiger partial charge in [-0.3, -0.25) is 14.5 Å². The van der Waals surface area contributed by atoms with Crippen molar-refractivity contribution < 1.29 is 14.7 Å². The summed E-state index contributed by atoms with van der Waals surface area (Å²) in [4.78, 5) is 24.4. The lowest BCUT2D eigenvalue weighted by molar-refractivity contribution is -0.146. The van der Waals surface area contributed by atoms with Gasteiger partial charge in [0, 0.05) is 13.1 Å². The van der Waals surface area contributed by atoms with E-state index in [1.807, 2.05) is 4.90 Å². The first kappa shape index (κ1) is 15.0. The van der Waals surface area contributed by atoms with Gasteiger partial charge in [-0.15, -0.1) is 0 Å². The molecule has 2 unspecified atom stereocenters. The molecule has 1 rings (SSSR count). The fourth-order valence-corrected chi connectivity index (χ4v) is 2.37. The predicted octanol–water partition coefficient (Wildman–Crippen LogP) is 1.09. The maximum Gasteiger partial charge on any atom is 0.322 e. The number of hydrogen-bond donors (Lipinski definition) is 2. The zero-order valence-electron chi connectivity index (χ0n) is 11.3. The number of carbonyl (C=O) groups is 2. The number of hydrogen-bond acceptors (Lipinski definition) is 3. The molecule has 2 atom stereocenters. The third-order valence-electron chi connectivity index (χ3n) is 3.60. The zero-order valence-corrected chi connectivity index (χ0v) is 11.3. The summed E-state index contributed by atoms with van der Waals surface area (Å²) in [7, 11) is 0. The fraction of sp³-hybridized carbons (Fsp3) is 0.846. The molecule has 18 heavy (non-hydrogen) atoms. The van der Waals surface area contributed by atoms with Crippen LogP contribution in [0.15, 0.2) is 0 Å². The van der Waals surface area contributed by atoms with Gasteiger partial charge in [0.2, 0.25) is 5.91 Å². The molecule has 0 aliphatic carbocycles. The van der Waals surface area contributed by atoms with Gasteiger partial charge < -0.3 is 10.4 Å². The Bertz CT molecular complexity index is 294. The molecule has 1 aliphatic heterocycles. The molecule has 5 nitrogen and oxygen atoms in total. The average molecular weight is 256 g/mol. The number of amides is 1. The molecule has 5 heteroatoms. The minimum Gasteiger partial charge on any atom is -0.480 e. The van der Waals surface area contributed by atoms with Crippen LogP contribution in [0.2, 0.25) is 0 Å². The number of carbonyl (C=O) groups excluding carboxylic acids is 1. The Kier molecular flexibility index (Phi) is 6.12. The highest BCUT2D eigenvalue weighted by atomic mass is 16.4. The second kappa shape index (κ2) is 7.36. The molecule has 1 heterocycles. The molecule has 0 radical (unpaired) electrons. The first-order valence-corrected chi connectivity index (χ1v) is 6.82. The van der Waals surface area contributed by atoms with Crippen molar-refractivity contribution >= 4 is 11.9 Å². The molecule has 1 aliphatic rings. The Morgan fingerprint density at radius 3 is 2.83 bits per heavy atom. The summed E-state index contributed by atoms with van der Waals surface area (Å²) in [5.41, 5.74) is 0. The van der Waals surface area contributed by atoms with E-state index in [0.29, 0.717) is 12.5 Å². The summed E-state index contributed by atoms with van der Waals surface area (Å²) in [6.07, 6.45) is 4.46. The Balaban J connectivity index is 2.58. The van der Waals surface area contributed by atoms with Gasteiger partial charge in [0.1, 0.15) is 6.04 Å². The van der Waals surface area contributed by atoms with Crippen LogP contribution in [0, 0.1) is 5.92 Å². The summed E-state index contributed by atoms with van der Waals surface area (Å²) in [6.45, 7) is 5.42. The van der Waals surface area contributed by atoms with Crippen LogP contribution >= 0.6 is 0 Å². The van der Waals surface area contributed by atoms with Crippen molar-refractivity contribution in [3.05, 3.63) is 0 Å². The van der Waals surface area contributed by atoms with Crippen LogP contribution in [-0.4, -0.2) is 47.6 Å². The van der Waals surface area contributed by atoms with Crippen molar-refractivity contribution in [2.75, 3.05) is 19.6 Å². The second-order valence-electron chi connectivity index (χ2n) is 5.00. The SMILES string of the molecule is CCCCC(CC)CN1CC(=O)NCC1C(=O)O. The van der Waals surface area contributed by atoms with E-state index in [9.17, 15) is 9.59 Å². The van der Waals surface area contributed by atoms with Crippen molar-refractivity contribution in [2.45, 2.75) is 45.6 Å². The number of carboxylic acid groups (broad SMARTS) is 1. The van der Waals surface area contributed by atoms with Gasteiger partial charge in [0.15, 0.2) is 0 Å². The average Bonchev–Trinajstić information content (AvgIpc) is 2.34. The van der Waals surface area contributed by atoms with E-state index in [2.05, 4.69) is 19.2 Å². The number of unbranched alkanes of at least 4 members (excludes halogenated alkanes) is 1. The summed E-state index contributed by atoms with van der Waals surface area (Å²) in [5.74, 6) is -0.434.